The maximum absolute atomic E-state index is 12.6. The molecule has 3 nitrogen and oxygen atoms in total. The van der Waals surface area contributed by atoms with Crippen molar-refractivity contribution in [1.82, 2.24) is 0 Å². The van der Waals surface area contributed by atoms with E-state index in [4.69, 9.17) is 4.74 Å². The molecule has 3 atom stereocenters. The lowest BCUT2D eigenvalue weighted by molar-refractivity contribution is -0.157. The molecule has 2 aliphatic carbocycles. The number of benzene rings is 1. The van der Waals surface area contributed by atoms with Crippen LogP contribution in [-0.4, -0.2) is 17.9 Å². The van der Waals surface area contributed by atoms with Gasteiger partial charge in [0.05, 0.1) is 5.41 Å². The fraction of sp³-hybridized carbons (Fsp3) is 0.474. The highest BCUT2D eigenvalue weighted by atomic mass is 16.5. The summed E-state index contributed by atoms with van der Waals surface area (Å²) < 4.78 is 5.59. The molecule has 116 valence electrons. The Labute approximate surface area is 131 Å². The van der Waals surface area contributed by atoms with Gasteiger partial charge in [0.15, 0.2) is 0 Å². The zero-order valence-electron chi connectivity index (χ0n) is 13.3. The number of carbonyl (C=O) groups excluding carboxylic acids is 2. The number of hydrogen-bond acceptors (Lipinski definition) is 3. The van der Waals surface area contributed by atoms with E-state index in [9.17, 15) is 9.59 Å². The van der Waals surface area contributed by atoms with Crippen LogP contribution in [0.1, 0.15) is 39.2 Å². The summed E-state index contributed by atoms with van der Waals surface area (Å²) in [6.07, 6.45) is 4.52. The van der Waals surface area contributed by atoms with Gasteiger partial charge in [-0.1, -0.05) is 44.2 Å². The Kier molecular flexibility index (Phi) is 3.47. The summed E-state index contributed by atoms with van der Waals surface area (Å²) in [5, 5.41) is 0. The second-order valence-corrected chi connectivity index (χ2v) is 7.27. The van der Waals surface area contributed by atoms with Crippen LogP contribution in [0.5, 0.6) is 0 Å². The third-order valence-corrected chi connectivity index (χ3v) is 5.47. The lowest BCUT2D eigenvalue weighted by Crippen LogP contribution is -2.45. The van der Waals surface area contributed by atoms with Crippen LogP contribution in [0.25, 0.3) is 6.08 Å². The molecule has 2 saturated carbocycles. The minimum absolute atomic E-state index is 0.237. The highest BCUT2D eigenvalue weighted by Crippen LogP contribution is 2.60. The first-order valence-corrected chi connectivity index (χ1v) is 7.83. The third-order valence-electron chi connectivity index (χ3n) is 5.47. The first-order chi connectivity index (χ1) is 10.3. The Morgan fingerprint density at radius 3 is 2.50 bits per heavy atom. The molecule has 0 saturated heterocycles. The fourth-order valence-corrected chi connectivity index (χ4v) is 4.04. The van der Waals surface area contributed by atoms with Crippen molar-refractivity contribution in [2.45, 2.75) is 39.7 Å². The van der Waals surface area contributed by atoms with E-state index in [0.29, 0.717) is 5.92 Å². The van der Waals surface area contributed by atoms with E-state index in [2.05, 4.69) is 0 Å². The van der Waals surface area contributed by atoms with Gasteiger partial charge in [0.25, 0.3) is 0 Å². The predicted molar refractivity (Wildman–Crippen MR) is 85.0 cm³/mol. The largest absolute Gasteiger partial charge is 0.458 e. The maximum atomic E-state index is 12.6. The number of ketones is 1. The van der Waals surface area contributed by atoms with Gasteiger partial charge in [0.2, 0.25) is 0 Å². The highest BCUT2D eigenvalue weighted by Gasteiger charge is 2.65. The zero-order valence-corrected chi connectivity index (χ0v) is 13.3. The number of fused-ring (bicyclic) bond motifs is 2. The van der Waals surface area contributed by atoms with E-state index in [1.807, 2.05) is 51.1 Å². The number of rotatable bonds is 3. The van der Waals surface area contributed by atoms with Crippen molar-refractivity contribution in [1.29, 1.82) is 0 Å². The zero-order chi connectivity index (χ0) is 16.0. The molecule has 0 spiro atoms. The van der Waals surface area contributed by atoms with Crippen molar-refractivity contribution in [3.8, 4) is 0 Å². The molecule has 0 aliphatic heterocycles. The molecule has 22 heavy (non-hydrogen) atoms. The van der Waals surface area contributed by atoms with Crippen molar-refractivity contribution in [2.75, 3.05) is 0 Å². The topological polar surface area (TPSA) is 43.4 Å². The Bertz CT molecular complexity index is 629. The molecule has 3 rings (SSSR count). The molecule has 0 aromatic heterocycles. The molecule has 2 fully saturated rings. The minimum atomic E-state index is -0.510. The van der Waals surface area contributed by atoms with Crippen molar-refractivity contribution in [3.63, 3.8) is 0 Å². The minimum Gasteiger partial charge on any atom is -0.458 e. The first-order valence-electron chi connectivity index (χ1n) is 7.83. The molecule has 1 aromatic rings. The first kappa shape index (κ1) is 15.0. The second-order valence-electron chi connectivity index (χ2n) is 7.27. The van der Waals surface area contributed by atoms with E-state index in [1.54, 1.807) is 6.08 Å². The lowest BCUT2D eigenvalue weighted by atomic mass is 9.70. The predicted octanol–water partition coefficient (Wildman–Crippen LogP) is 3.64. The van der Waals surface area contributed by atoms with Gasteiger partial charge in [-0.3, -0.25) is 4.79 Å². The SMILES string of the molecule is CC1(C)C(=O)[C@]2(C)C[C@H]1C[C@H]2OC(=O)/C=C/c1ccccc1. The molecule has 3 heteroatoms. The van der Waals surface area contributed by atoms with Gasteiger partial charge in [0, 0.05) is 11.5 Å². The fourth-order valence-electron chi connectivity index (χ4n) is 4.04. The summed E-state index contributed by atoms with van der Waals surface area (Å²) in [5.74, 6) is 0.190. The Hall–Kier alpha value is -1.90. The summed E-state index contributed by atoms with van der Waals surface area (Å²) in [5.41, 5.74) is 0.165. The van der Waals surface area contributed by atoms with Gasteiger partial charge in [-0.15, -0.1) is 0 Å². The van der Waals surface area contributed by atoms with Crippen LogP contribution in [0.15, 0.2) is 36.4 Å². The number of Topliss-reactive ketones (excluding diaryl/α,β-unsaturated/α-hetero) is 1. The average Bonchev–Trinajstić information content (AvgIpc) is 2.91. The Morgan fingerprint density at radius 1 is 1.23 bits per heavy atom. The quantitative estimate of drug-likeness (QED) is 0.632. The molecule has 0 radical (unpaired) electrons. The van der Waals surface area contributed by atoms with Gasteiger partial charge in [-0.05, 0) is 37.3 Å². The van der Waals surface area contributed by atoms with E-state index in [1.165, 1.54) is 6.08 Å². The lowest BCUT2D eigenvalue weighted by Gasteiger charge is -2.36. The number of ether oxygens (including phenoxy) is 1. The van der Waals surface area contributed by atoms with Crippen LogP contribution >= 0.6 is 0 Å². The molecule has 1 aromatic carbocycles. The monoisotopic (exact) mass is 298 g/mol. The van der Waals surface area contributed by atoms with E-state index in [0.717, 1.165) is 18.4 Å². The van der Waals surface area contributed by atoms with Crippen molar-refractivity contribution in [2.24, 2.45) is 16.7 Å². The van der Waals surface area contributed by atoms with Gasteiger partial charge in [-0.2, -0.15) is 0 Å². The van der Waals surface area contributed by atoms with E-state index >= 15 is 0 Å². The van der Waals surface area contributed by atoms with Crippen LogP contribution in [-0.2, 0) is 14.3 Å². The second kappa shape index (κ2) is 5.08. The van der Waals surface area contributed by atoms with Crippen LogP contribution in [0.3, 0.4) is 0 Å². The van der Waals surface area contributed by atoms with Crippen LogP contribution in [0.4, 0.5) is 0 Å². The van der Waals surface area contributed by atoms with E-state index in [-0.39, 0.29) is 23.3 Å². The average molecular weight is 298 g/mol. The molecular formula is C19H22O3. The Balaban J connectivity index is 1.67. The van der Waals surface area contributed by atoms with E-state index < -0.39 is 5.41 Å². The molecule has 0 heterocycles. The standard InChI is InChI=1S/C19H22O3/c1-18(2)14-11-15(19(3,12-14)17(18)21)22-16(20)10-9-13-7-5-4-6-8-13/h4-10,14-15H,11-12H2,1-3H3/b10-9+/t14-,15-,19-/m1/s1. The van der Waals surface area contributed by atoms with Crippen LogP contribution < -0.4 is 0 Å². The normalized spacial score (nSPS) is 32.6. The van der Waals surface area contributed by atoms with Crippen molar-refractivity contribution >= 4 is 17.8 Å². The summed E-state index contributed by atoms with van der Waals surface area (Å²) in [7, 11) is 0. The molecule has 0 N–H and O–H groups in total. The summed E-state index contributed by atoms with van der Waals surface area (Å²) >= 11 is 0. The highest BCUT2D eigenvalue weighted by molar-refractivity contribution is 5.94. The van der Waals surface area contributed by atoms with Gasteiger partial charge in [-0.25, -0.2) is 4.79 Å². The summed E-state index contributed by atoms with van der Waals surface area (Å²) in [6.45, 7) is 5.97. The summed E-state index contributed by atoms with van der Waals surface area (Å²) in [4.78, 5) is 24.6. The van der Waals surface area contributed by atoms with Crippen LogP contribution in [0.2, 0.25) is 0 Å². The van der Waals surface area contributed by atoms with Crippen molar-refractivity contribution < 1.29 is 14.3 Å². The van der Waals surface area contributed by atoms with Gasteiger partial charge >= 0.3 is 5.97 Å². The van der Waals surface area contributed by atoms with Gasteiger partial charge in [0.1, 0.15) is 11.9 Å². The molecular weight excluding hydrogens is 276 g/mol. The van der Waals surface area contributed by atoms with Crippen molar-refractivity contribution in [3.05, 3.63) is 42.0 Å². The molecule has 0 amide bonds. The number of carbonyl (C=O) groups is 2. The third kappa shape index (κ3) is 2.29. The molecule has 2 aliphatic rings. The molecule has 0 unspecified atom stereocenters. The molecule has 2 bridgehead atoms. The Morgan fingerprint density at radius 2 is 1.91 bits per heavy atom. The van der Waals surface area contributed by atoms with Crippen LogP contribution in [0, 0.1) is 16.7 Å². The smallest absolute Gasteiger partial charge is 0.331 e. The maximum Gasteiger partial charge on any atom is 0.331 e. The van der Waals surface area contributed by atoms with Gasteiger partial charge < -0.3 is 4.74 Å². The number of hydrogen-bond donors (Lipinski definition) is 0. The number of esters is 1. The summed E-state index contributed by atoms with van der Waals surface area (Å²) in [6, 6.07) is 9.62.